The number of carbonyl (C=O) groups is 6. The van der Waals surface area contributed by atoms with Gasteiger partial charge in [-0.2, -0.15) is 26.3 Å². The lowest BCUT2D eigenvalue weighted by Crippen LogP contribution is -2.71. The number of halogens is 6. The molecule has 2 aliphatic carbocycles. The van der Waals surface area contributed by atoms with Crippen LogP contribution < -0.4 is 29.8 Å². The maximum atomic E-state index is 13.6. The summed E-state index contributed by atoms with van der Waals surface area (Å²) in [6, 6.07) is 6.16. The smallest absolute Gasteiger partial charge is 0.471 e. The Morgan fingerprint density at radius 3 is 1.50 bits per heavy atom. The third-order valence-corrected chi connectivity index (χ3v) is 13.7. The van der Waals surface area contributed by atoms with Crippen molar-refractivity contribution in [3.05, 3.63) is 46.5 Å². The Labute approximate surface area is 442 Å². The number of H-pyrrole nitrogens is 1. The molecule has 4 fully saturated rings. The van der Waals surface area contributed by atoms with Crippen LogP contribution in [0, 0.1) is 0 Å². The predicted molar refractivity (Wildman–Crippen MR) is 262 cm³/mol. The molecule has 426 valence electrons. The Balaban J connectivity index is 0.000000226. The van der Waals surface area contributed by atoms with E-state index < -0.39 is 121 Å². The lowest BCUT2D eigenvalue weighted by Gasteiger charge is -2.51. The van der Waals surface area contributed by atoms with E-state index in [0.717, 1.165) is 9.80 Å². The molecule has 5 aliphatic rings. The second-order valence-electron chi connectivity index (χ2n) is 21.1. The predicted octanol–water partition coefficient (Wildman–Crippen LogP) is 6.53. The topological polar surface area (TPSA) is 261 Å². The normalized spacial score (nSPS) is 23.7. The number of hydrogen-bond donors (Lipinski definition) is 3. The van der Waals surface area contributed by atoms with Gasteiger partial charge in [-0.1, -0.05) is 0 Å². The molecule has 2 spiro atoms. The van der Waals surface area contributed by atoms with Crippen molar-refractivity contribution >= 4 is 58.7 Å². The van der Waals surface area contributed by atoms with Crippen LogP contribution >= 0.6 is 0 Å². The van der Waals surface area contributed by atoms with Crippen LogP contribution in [-0.4, -0.2) is 164 Å². The number of nitrogens with zero attached hydrogens (tertiary/aromatic N) is 6. The minimum atomic E-state index is -5.20. The average molecular weight is 1110 g/mol. The van der Waals surface area contributed by atoms with Gasteiger partial charge in [-0.15, -0.1) is 0 Å². The van der Waals surface area contributed by atoms with Crippen LogP contribution in [0.25, 0.3) is 10.9 Å². The van der Waals surface area contributed by atoms with Crippen molar-refractivity contribution in [3.8, 4) is 23.0 Å². The van der Waals surface area contributed by atoms with Crippen molar-refractivity contribution in [2.75, 3.05) is 45.7 Å². The molecule has 22 nitrogen and oxygen atoms in total. The number of aromatic nitrogens is 2. The van der Waals surface area contributed by atoms with Crippen molar-refractivity contribution in [1.82, 2.24) is 29.6 Å². The fourth-order valence-electron chi connectivity index (χ4n) is 10.1. The number of aliphatic imine (C=N–C) groups is 1. The summed E-state index contributed by atoms with van der Waals surface area (Å²) in [4.78, 5) is 103. The molecule has 78 heavy (non-hydrogen) atoms. The van der Waals surface area contributed by atoms with Gasteiger partial charge >= 0.3 is 36.4 Å². The van der Waals surface area contributed by atoms with E-state index in [9.17, 15) is 65.0 Å². The standard InChI is InChI=1S/C25H31F3N4O7.C25H29F3N4O7/c2*1-23(2,3)39-22(36)31-9-10-32(21(35)25(26,27)28)24(20(31)34)7-5-14(6-8-24)38-18-11-15-16(12-17(18)37-4)29-13-30-19(15)33/h11-14,19,33H,5-10H2,1-4H3,(H,29,30);11-14H,5-10H2,1-4H3,(H,29,30,33). The molecule has 0 radical (unpaired) electrons. The monoisotopic (exact) mass is 1110 g/mol. The van der Waals surface area contributed by atoms with Crippen molar-refractivity contribution < 1.29 is 88.6 Å². The summed E-state index contributed by atoms with van der Waals surface area (Å²) in [5.74, 6) is -4.94. The number of piperazine rings is 2. The maximum absolute atomic E-state index is 13.6. The number of fused-ring (bicyclic) bond motifs is 2. The Bertz CT molecular complexity index is 2900. The third kappa shape index (κ3) is 12.2. The summed E-state index contributed by atoms with van der Waals surface area (Å²) in [5.41, 5.74) is -4.65. The highest BCUT2D eigenvalue weighted by molar-refractivity contribution is 6.02. The Morgan fingerprint density at radius 1 is 0.641 bits per heavy atom. The number of nitrogens with one attached hydrogen (secondary N) is 2. The van der Waals surface area contributed by atoms with Gasteiger partial charge in [0, 0.05) is 43.9 Å². The van der Waals surface area contributed by atoms with Gasteiger partial charge < -0.3 is 53.6 Å². The number of hydrogen-bond acceptors (Lipinski definition) is 17. The van der Waals surface area contributed by atoms with Crippen molar-refractivity contribution in [1.29, 1.82) is 0 Å². The highest BCUT2D eigenvalue weighted by atomic mass is 19.4. The molecule has 2 saturated heterocycles. The summed E-state index contributed by atoms with van der Waals surface area (Å²) in [6.07, 6.45) is -12.3. The molecule has 4 heterocycles. The van der Waals surface area contributed by atoms with Crippen LogP contribution in [0.3, 0.4) is 0 Å². The lowest BCUT2D eigenvalue weighted by atomic mass is 9.76. The number of methoxy groups -OCH3 is 2. The zero-order valence-electron chi connectivity index (χ0n) is 43.9. The van der Waals surface area contributed by atoms with Crippen LogP contribution in [0.4, 0.5) is 41.6 Å². The van der Waals surface area contributed by atoms with Gasteiger partial charge in [0.15, 0.2) is 29.2 Å². The third-order valence-electron chi connectivity index (χ3n) is 13.7. The van der Waals surface area contributed by atoms with E-state index in [1.54, 1.807) is 53.7 Å². The highest BCUT2D eigenvalue weighted by Gasteiger charge is 2.61. The van der Waals surface area contributed by atoms with Crippen LogP contribution in [-0.2, 0) is 28.7 Å². The Kier molecular flexibility index (Phi) is 16.3. The molecule has 3 aromatic rings. The Morgan fingerprint density at radius 2 is 1.08 bits per heavy atom. The van der Waals surface area contributed by atoms with E-state index in [0.29, 0.717) is 38.1 Å². The number of amides is 6. The number of aromatic amines is 1. The largest absolute Gasteiger partial charge is 0.493 e. The first kappa shape index (κ1) is 58.3. The van der Waals surface area contributed by atoms with E-state index in [1.807, 2.05) is 0 Å². The summed E-state index contributed by atoms with van der Waals surface area (Å²) >= 11 is 0. The van der Waals surface area contributed by atoms with E-state index in [1.165, 1.54) is 39.0 Å². The number of carbonyl (C=O) groups excluding carboxylic acids is 6. The molecular formula is C50H60F6N8O14. The number of aliphatic hydroxyl groups is 1. The fraction of sp³-hybridized carbons (Fsp3) is 0.580. The summed E-state index contributed by atoms with van der Waals surface area (Å²) < 4.78 is 115. The minimum Gasteiger partial charge on any atom is -0.493 e. The molecule has 1 unspecified atom stereocenters. The number of benzene rings is 2. The van der Waals surface area contributed by atoms with Gasteiger partial charge in [-0.25, -0.2) is 29.4 Å². The molecule has 1 aromatic heterocycles. The van der Waals surface area contributed by atoms with Gasteiger partial charge in [0.1, 0.15) is 22.3 Å². The van der Waals surface area contributed by atoms with E-state index in [-0.39, 0.29) is 68.3 Å². The molecule has 1 atom stereocenters. The molecule has 0 bridgehead atoms. The number of alkyl halides is 6. The first-order valence-corrected chi connectivity index (χ1v) is 24.8. The van der Waals surface area contributed by atoms with E-state index in [4.69, 9.17) is 28.4 Å². The van der Waals surface area contributed by atoms with Crippen LogP contribution in [0.5, 0.6) is 23.0 Å². The number of imide groups is 2. The summed E-state index contributed by atoms with van der Waals surface area (Å²) in [5, 5.41) is 13.3. The van der Waals surface area contributed by atoms with Crippen molar-refractivity contribution in [2.24, 2.45) is 4.99 Å². The zero-order valence-corrected chi connectivity index (χ0v) is 43.9. The molecule has 28 heteroatoms. The van der Waals surface area contributed by atoms with E-state index >= 15 is 0 Å². The van der Waals surface area contributed by atoms with E-state index in [2.05, 4.69) is 20.3 Å². The number of anilines is 1. The van der Waals surface area contributed by atoms with Gasteiger partial charge in [0.25, 0.3) is 17.4 Å². The van der Waals surface area contributed by atoms with Crippen LogP contribution in [0.2, 0.25) is 0 Å². The summed E-state index contributed by atoms with van der Waals surface area (Å²) in [7, 11) is 2.84. The number of rotatable bonds is 6. The number of aliphatic hydroxyl groups excluding tert-OH is 1. The quantitative estimate of drug-likeness (QED) is 0.222. The van der Waals surface area contributed by atoms with Gasteiger partial charge in [0.05, 0.1) is 55.7 Å². The highest BCUT2D eigenvalue weighted by Crippen LogP contribution is 2.45. The van der Waals surface area contributed by atoms with Gasteiger partial charge in [0.2, 0.25) is 0 Å². The fourth-order valence-corrected chi connectivity index (χ4v) is 10.1. The molecule has 3 N–H and O–H groups in total. The second-order valence-corrected chi connectivity index (χ2v) is 21.1. The minimum absolute atomic E-state index is 0.0835. The number of ether oxygens (including phenoxy) is 6. The average Bonchev–Trinajstić information content (AvgIpc) is 3.52. The second kappa shape index (κ2) is 21.8. The van der Waals surface area contributed by atoms with Crippen LogP contribution in [0.15, 0.2) is 40.4 Å². The molecule has 6 amide bonds. The molecule has 3 aliphatic heterocycles. The van der Waals surface area contributed by atoms with Crippen molar-refractivity contribution in [2.45, 2.75) is 146 Å². The molecule has 2 aromatic carbocycles. The first-order valence-electron chi connectivity index (χ1n) is 24.8. The summed E-state index contributed by atoms with van der Waals surface area (Å²) in [6.45, 7) is 7.82. The van der Waals surface area contributed by atoms with Crippen molar-refractivity contribution in [3.63, 3.8) is 0 Å². The van der Waals surface area contributed by atoms with Gasteiger partial charge in [-0.3, -0.25) is 24.0 Å². The van der Waals surface area contributed by atoms with Gasteiger partial charge in [-0.05, 0) is 105 Å². The molecular weight excluding hydrogens is 1050 g/mol. The SMILES string of the molecule is COc1cc2c(cc1OC1CCC3(CC1)C(=O)N(C(=O)OC(C)(C)C)CCN3C(=O)C(F)(F)F)C(O)N=CN2.COc1cc2nc[nH]c(=O)c2cc1OC1CCC2(CC1)C(=O)N(C(=O)OC(C)(C)C)CCN2C(=O)C(F)(F)F. The zero-order chi connectivity index (χ0) is 57.5. The Hall–Kier alpha value is -7.39. The first-order chi connectivity index (χ1) is 36.3. The maximum Gasteiger partial charge on any atom is 0.471 e. The molecule has 8 rings (SSSR count). The lowest BCUT2D eigenvalue weighted by molar-refractivity contribution is -0.199. The van der Waals surface area contributed by atoms with Crippen LogP contribution in [0.1, 0.15) is 105 Å². The molecule has 2 saturated carbocycles.